The summed E-state index contributed by atoms with van der Waals surface area (Å²) in [7, 11) is 0. The maximum atomic E-state index is 5.96. The van der Waals surface area contributed by atoms with Gasteiger partial charge in [0.1, 0.15) is 11.3 Å². The fraction of sp³-hybridized carbons (Fsp3) is 0.200. The first kappa shape index (κ1) is 13.6. The molecule has 3 N–H and O–H groups in total. The molecule has 3 aromatic rings. The molecule has 1 aromatic carbocycles. The molecule has 3 rings (SSSR count). The van der Waals surface area contributed by atoms with Crippen molar-refractivity contribution in [2.24, 2.45) is 5.84 Å². The van der Waals surface area contributed by atoms with Crippen molar-refractivity contribution < 1.29 is 4.42 Å². The predicted octanol–water partition coefficient (Wildman–Crippen LogP) is 4.20. The molecule has 1 unspecified atom stereocenters. The van der Waals surface area contributed by atoms with Crippen LogP contribution in [-0.2, 0) is 6.42 Å². The second-order valence-corrected chi connectivity index (χ2v) is 6.62. The molecule has 104 valence electrons. The summed E-state index contributed by atoms with van der Waals surface area (Å²) in [5.41, 5.74) is 4.92. The first-order valence-electron chi connectivity index (χ1n) is 6.36. The minimum atomic E-state index is -0.0579. The van der Waals surface area contributed by atoms with Gasteiger partial charge in [-0.25, -0.2) is 5.43 Å². The van der Waals surface area contributed by atoms with Gasteiger partial charge in [-0.1, -0.05) is 23.2 Å². The van der Waals surface area contributed by atoms with Crippen LogP contribution in [0.25, 0.3) is 11.0 Å². The van der Waals surface area contributed by atoms with E-state index >= 15 is 0 Å². The van der Waals surface area contributed by atoms with E-state index in [1.807, 2.05) is 30.3 Å². The maximum absolute atomic E-state index is 5.96. The van der Waals surface area contributed by atoms with Crippen LogP contribution >= 0.6 is 22.9 Å². The number of nitrogens with one attached hydrogen (secondary N) is 1. The molecule has 1 atom stereocenters. The Morgan fingerprint density at radius 3 is 2.85 bits per heavy atom. The summed E-state index contributed by atoms with van der Waals surface area (Å²) < 4.78 is 6.67. The summed E-state index contributed by atoms with van der Waals surface area (Å²) in [6.07, 6.45) is 0.757. The zero-order chi connectivity index (χ0) is 14.1. The summed E-state index contributed by atoms with van der Waals surface area (Å²) in [6, 6.07) is 12.0. The van der Waals surface area contributed by atoms with Crippen LogP contribution in [-0.4, -0.2) is 0 Å². The minimum absolute atomic E-state index is 0.0579. The van der Waals surface area contributed by atoms with Crippen LogP contribution in [0.3, 0.4) is 0 Å². The number of aryl methyl sites for hydroxylation is 1. The van der Waals surface area contributed by atoms with Crippen molar-refractivity contribution >= 4 is 33.9 Å². The molecule has 0 aliphatic rings. The van der Waals surface area contributed by atoms with Crippen LogP contribution in [0.4, 0.5) is 0 Å². The number of fused-ring (bicyclic) bond motifs is 1. The first-order valence-corrected chi connectivity index (χ1v) is 7.55. The topological polar surface area (TPSA) is 51.2 Å². The highest BCUT2D eigenvalue weighted by Crippen LogP contribution is 2.29. The maximum Gasteiger partial charge on any atom is 0.134 e. The van der Waals surface area contributed by atoms with E-state index in [0.29, 0.717) is 0 Å². The van der Waals surface area contributed by atoms with Crippen molar-refractivity contribution in [2.45, 2.75) is 19.4 Å². The zero-order valence-corrected chi connectivity index (χ0v) is 12.6. The van der Waals surface area contributed by atoms with Crippen molar-refractivity contribution in [3.05, 3.63) is 56.9 Å². The molecule has 0 aliphatic heterocycles. The van der Waals surface area contributed by atoms with E-state index in [2.05, 4.69) is 18.4 Å². The van der Waals surface area contributed by atoms with Gasteiger partial charge in [-0.2, -0.15) is 0 Å². The summed E-state index contributed by atoms with van der Waals surface area (Å²) in [6.45, 7) is 2.07. The van der Waals surface area contributed by atoms with Gasteiger partial charge in [0.2, 0.25) is 0 Å². The molecule has 0 saturated heterocycles. The molecule has 0 spiro atoms. The van der Waals surface area contributed by atoms with E-state index in [-0.39, 0.29) is 6.04 Å². The Balaban J connectivity index is 1.90. The molecule has 0 saturated carbocycles. The first-order chi connectivity index (χ1) is 9.65. The van der Waals surface area contributed by atoms with E-state index in [4.69, 9.17) is 21.9 Å². The predicted molar refractivity (Wildman–Crippen MR) is 84.0 cm³/mol. The number of halogens is 1. The fourth-order valence-electron chi connectivity index (χ4n) is 2.26. The van der Waals surface area contributed by atoms with E-state index in [1.165, 1.54) is 10.4 Å². The van der Waals surface area contributed by atoms with Crippen molar-refractivity contribution in [3.8, 4) is 0 Å². The fourth-order valence-corrected chi connectivity index (χ4v) is 3.39. The largest absolute Gasteiger partial charge is 0.459 e. The molecular weight excluding hydrogens is 292 g/mol. The van der Waals surface area contributed by atoms with Gasteiger partial charge in [0, 0.05) is 16.7 Å². The Labute approximate surface area is 126 Å². The number of hydrogen-bond acceptors (Lipinski definition) is 4. The van der Waals surface area contributed by atoms with Crippen LogP contribution in [0.1, 0.15) is 22.2 Å². The molecular formula is C15H15ClN2OS. The number of rotatable bonds is 4. The van der Waals surface area contributed by atoms with Gasteiger partial charge in [0.05, 0.1) is 10.4 Å². The Hall–Kier alpha value is -1.33. The van der Waals surface area contributed by atoms with Crippen molar-refractivity contribution in [1.82, 2.24) is 5.43 Å². The Bertz CT molecular complexity index is 734. The van der Waals surface area contributed by atoms with Crippen molar-refractivity contribution in [1.29, 1.82) is 0 Å². The second kappa shape index (κ2) is 5.58. The summed E-state index contributed by atoms with van der Waals surface area (Å²) in [5, 5.41) is 1.10. The number of benzene rings is 1. The van der Waals surface area contributed by atoms with Crippen LogP contribution in [0.2, 0.25) is 4.34 Å². The molecule has 0 aliphatic carbocycles. The number of thiophene rings is 1. The number of nitrogens with two attached hydrogens (primary N) is 1. The molecule has 20 heavy (non-hydrogen) atoms. The van der Waals surface area contributed by atoms with E-state index in [0.717, 1.165) is 27.5 Å². The normalized spacial score (nSPS) is 12.9. The lowest BCUT2D eigenvalue weighted by molar-refractivity contribution is 0.436. The zero-order valence-electron chi connectivity index (χ0n) is 11.0. The molecule has 0 fully saturated rings. The number of furan rings is 1. The van der Waals surface area contributed by atoms with E-state index < -0.39 is 0 Å². The van der Waals surface area contributed by atoms with Gasteiger partial charge < -0.3 is 4.42 Å². The minimum Gasteiger partial charge on any atom is -0.459 e. The third kappa shape index (κ3) is 2.74. The number of hydrazine groups is 1. The van der Waals surface area contributed by atoms with Crippen molar-refractivity contribution in [3.63, 3.8) is 0 Å². The molecule has 0 amide bonds. The molecule has 5 heteroatoms. The summed E-state index contributed by atoms with van der Waals surface area (Å²) in [4.78, 5) is 1.18. The van der Waals surface area contributed by atoms with Crippen LogP contribution in [0.15, 0.2) is 40.8 Å². The lowest BCUT2D eigenvalue weighted by Gasteiger charge is -2.11. The second-order valence-electron chi connectivity index (χ2n) is 4.82. The van der Waals surface area contributed by atoms with Crippen LogP contribution in [0, 0.1) is 6.92 Å². The highest BCUT2D eigenvalue weighted by molar-refractivity contribution is 7.16. The van der Waals surface area contributed by atoms with Gasteiger partial charge in [-0.05, 0) is 37.3 Å². The van der Waals surface area contributed by atoms with Gasteiger partial charge >= 0.3 is 0 Å². The van der Waals surface area contributed by atoms with Gasteiger partial charge in [0.15, 0.2) is 0 Å². The highest BCUT2D eigenvalue weighted by atomic mass is 35.5. The van der Waals surface area contributed by atoms with Gasteiger partial charge in [0.25, 0.3) is 0 Å². The molecule has 2 heterocycles. The highest BCUT2D eigenvalue weighted by Gasteiger charge is 2.16. The molecule has 0 bridgehead atoms. The Morgan fingerprint density at radius 1 is 1.30 bits per heavy atom. The summed E-state index contributed by atoms with van der Waals surface area (Å²) >= 11 is 7.52. The Morgan fingerprint density at radius 2 is 2.15 bits per heavy atom. The Kier molecular flexibility index (Phi) is 3.81. The smallest absolute Gasteiger partial charge is 0.134 e. The third-order valence-corrected chi connectivity index (χ3v) is 4.52. The molecule has 0 radical (unpaired) electrons. The average molecular weight is 307 g/mol. The lowest BCUT2D eigenvalue weighted by atomic mass is 10.1. The van der Waals surface area contributed by atoms with Crippen LogP contribution < -0.4 is 11.3 Å². The monoisotopic (exact) mass is 306 g/mol. The van der Waals surface area contributed by atoms with E-state index in [1.54, 1.807) is 11.3 Å². The number of hydrogen-bond donors (Lipinski definition) is 2. The SMILES string of the molecule is Cc1ccc2oc(C(Cc3ccc(Cl)s3)NN)cc2c1. The standard InChI is InChI=1S/C15H15ClN2OS/c1-9-2-4-13-10(6-9)7-14(19-13)12(18-17)8-11-3-5-15(16)20-11/h2-7,12,18H,8,17H2,1H3. The third-order valence-electron chi connectivity index (χ3n) is 3.27. The average Bonchev–Trinajstić information content (AvgIpc) is 3.01. The van der Waals surface area contributed by atoms with Crippen molar-refractivity contribution in [2.75, 3.05) is 0 Å². The van der Waals surface area contributed by atoms with Gasteiger partial charge in [-0.3, -0.25) is 5.84 Å². The molecule has 3 nitrogen and oxygen atoms in total. The van der Waals surface area contributed by atoms with E-state index in [9.17, 15) is 0 Å². The summed E-state index contributed by atoms with van der Waals surface area (Å²) in [5.74, 6) is 6.52. The molecule has 2 aromatic heterocycles. The quantitative estimate of drug-likeness (QED) is 0.561. The van der Waals surface area contributed by atoms with Gasteiger partial charge in [-0.15, -0.1) is 11.3 Å². The van der Waals surface area contributed by atoms with Crippen LogP contribution in [0.5, 0.6) is 0 Å². The lowest BCUT2D eigenvalue weighted by Crippen LogP contribution is -2.29.